The lowest BCUT2D eigenvalue weighted by Crippen LogP contribution is -2.51. The molecule has 0 spiro atoms. The summed E-state index contributed by atoms with van der Waals surface area (Å²) in [6.07, 6.45) is 2.18. The van der Waals surface area contributed by atoms with E-state index in [9.17, 15) is 9.59 Å². The van der Waals surface area contributed by atoms with E-state index >= 15 is 0 Å². The maximum atomic E-state index is 13.2. The minimum Gasteiger partial charge on any atom is -0.481 e. The SMILES string of the molecule is COc1cc(CN2CN(c3ccc(C(c4ccccc4)(c4ccccc4)c4ccccc4)cc3)C(C(=O)C=O)C2(C)C)ccn1. The summed E-state index contributed by atoms with van der Waals surface area (Å²) >= 11 is 0. The summed E-state index contributed by atoms with van der Waals surface area (Å²) in [5.74, 6) is 0.0993. The first kappa shape index (κ1) is 30.0. The van der Waals surface area contributed by atoms with Gasteiger partial charge in [-0.2, -0.15) is 0 Å². The van der Waals surface area contributed by atoms with Crippen molar-refractivity contribution in [2.24, 2.45) is 0 Å². The minimum absolute atomic E-state index is 0.439. The molecular formula is C39H37N3O3. The van der Waals surface area contributed by atoms with Crippen LogP contribution in [0.15, 0.2) is 134 Å². The predicted octanol–water partition coefficient (Wildman–Crippen LogP) is 6.67. The molecule has 2 heterocycles. The number of ketones is 1. The highest BCUT2D eigenvalue weighted by molar-refractivity contribution is 6.28. The van der Waals surface area contributed by atoms with Gasteiger partial charge in [0.15, 0.2) is 6.29 Å². The molecule has 0 saturated carbocycles. The number of pyridine rings is 1. The molecule has 6 rings (SSSR count). The first-order valence-corrected chi connectivity index (χ1v) is 15.2. The molecule has 0 aliphatic carbocycles. The van der Waals surface area contributed by atoms with Crippen molar-refractivity contribution in [3.63, 3.8) is 0 Å². The highest BCUT2D eigenvalue weighted by Crippen LogP contribution is 2.46. The van der Waals surface area contributed by atoms with Crippen LogP contribution in [0.3, 0.4) is 0 Å². The van der Waals surface area contributed by atoms with E-state index in [2.05, 4.69) is 107 Å². The van der Waals surface area contributed by atoms with Gasteiger partial charge in [0.1, 0.15) is 6.04 Å². The van der Waals surface area contributed by atoms with E-state index in [1.165, 1.54) is 0 Å². The number of ether oxygens (including phenoxy) is 1. The molecule has 45 heavy (non-hydrogen) atoms. The van der Waals surface area contributed by atoms with E-state index in [0.29, 0.717) is 25.4 Å². The van der Waals surface area contributed by atoms with Crippen LogP contribution >= 0.6 is 0 Å². The van der Waals surface area contributed by atoms with Gasteiger partial charge in [0, 0.05) is 30.0 Å². The van der Waals surface area contributed by atoms with Crippen molar-refractivity contribution in [3.8, 4) is 5.88 Å². The zero-order valence-electron chi connectivity index (χ0n) is 25.8. The molecule has 0 bridgehead atoms. The van der Waals surface area contributed by atoms with Gasteiger partial charge in [-0.15, -0.1) is 0 Å². The number of rotatable bonds is 10. The number of hydrogen-bond donors (Lipinski definition) is 0. The van der Waals surface area contributed by atoms with Crippen LogP contribution in [-0.4, -0.2) is 47.3 Å². The average Bonchev–Trinajstić information content (AvgIpc) is 3.35. The van der Waals surface area contributed by atoms with Crippen molar-refractivity contribution in [1.29, 1.82) is 0 Å². The second-order valence-corrected chi connectivity index (χ2v) is 12.0. The number of Topliss-reactive ketones (excluding diaryl/α,β-unsaturated/α-hetero) is 1. The molecule has 6 heteroatoms. The van der Waals surface area contributed by atoms with Gasteiger partial charge in [-0.25, -0.2) is 4.98 Å². The van der Waals surface area contributed by atoms with Crippen LogP contribution in [-0.2, 0) is 21.5 Å². The average molecular weight is 596 g/mol. The van der Waals surface area contributed by atoms with Crippen molar-refractivity contribution < 1.29 is 14.3 Å². The molecular weight excluding hydrogens is 558 g/mol. The molecule has 5 aromatic rings. The molecule has 1 aliphatic heterocycles. The molecule has 0 amide bonds. The summed E-state index contributed by atoms with van der Waals surface area (Å²) < 4.78 is 5.33. The largest absolute Gasteiger partial charge is 0.481 e. The van der Waals surface area contributed by atoms with Crippen molar-refractivity contribution in [2.45, 2.75) is 37.4 Å². The number of hydrogen-bond acceptors (Lipinski definition) is 6. The molecule has 0 radical (unpaired) electrons. The van der Waals surface area contributed by atoms with Crippen molar-refractivity contribution in [1.82, 2.24) is 9.88 Å². The Kier molecular flexibility index (Phi) is 8.33. The van der Waals surface area contributed by atoms with Crippen LogP contribution in [0.1, 0.15) is 41.7 Å². The van der Waals surface area contributed by atoms with E-state index in [4.69, 9.17) is 4.74 Å². The van der Waals surface area contributed by atoms with Gasteiger partial charge in [-0.05, 0) is 59.9 Å². The van der Waals surface area contributed by atoms with Crippen molar-refractivity contribution in [2.75, 3.05) is 18.7 Å². The summed E-state index contributed by atoms with van der Waals surface area (Å²) in [6, 6.07) is 43.4. The van der Waals surface area contributed by atoms with Crippen LogP contribution in [0.2, 0.25) is 0 Å². The van der Waals surface area contributed by atoms with Gasteiger partial charge in [-0.1, -0.05) is 103 Å². The molecule has 1 aliphatic rings. The van der Waals surface area contributed by atoms with Gasteiger partial charge < -0.3 is 9.64 Å². The number of methoxy groups -OCH3 is 1. The fourth-order valence-corrected chi connectivity index (χ4v) is 6.90. The number of nitrogens with zero attached hydrogens (tertiary/aromatic N) is 3. The highest BCUT2D eigenvalue weighted by Gasteiger charge is 2.50. The second-order valence-electron chi connectivity index (χ2n) is 12.0. The van der Waals surface area contributed by atoms with E-state index in [-0.39, 0.29) is 0 Å². The number of anilines is 1. The van der Waals surface area contributed by atoms with Gasteiger partial charge in [0.25, 0.3) is 0 Å². The van der Waals surface area contributed by atoms with E-state index in [1.54, 1.807) is 13.3 Å². The Hall–Kier alpha value is -5.07. The second kappa shape index (κ2) is 12.5. The van der Waals surface area contributed by atoms with Gasteiger partial charge in [0.05, 0.1) is 19.2 Å². The first-order chi connectivity index (χ1) is 21.9. The van der Waals surface area contributed by atoms with Gasteiger partial charge in [0.2, 0.25) is 11.7 Å². The highest BCUT2D eigenvalue weighted by atomic mass is 16.5. The lowest BCUT2D eigenvalue weighted by atomic mass is 9.65. The molecule has 4 aromatic carbocycles. The maximum absolute atomic E-state index is 13.2. The third-order valence-corrected chi connectivity index (χ3v) is 9.14. The Labute approximate surface area is 264 Å². The van der Waals surface area contributed by atoms with E-state index < -0.39 is 22.8 Å². The number of carbonyl (C=O) groups is 2. The quantitative estimate of drug-likeness (QED) is 0.102. The number of aldehydes is 1. The van der Waals surface area contributed by atoms with Gasteiger partial charge >= 0.3 is 0 Å². The fraction of sp³-hybridized carbons (Fsp3) is 0.205. The minimum atomic E-state index is -0.647. The Morgan fingerprint density at radius 3 is 1.82 bits per heavy atom. The molecule has 6 nitrogen and oxygen atoms in total. The zero-order chi connectivity index (χ0) is 31.4. The first-order valence-electron chi connectivity index (χ1n) is 15.2. The van der Waals surface area contributed by atoms with Crippen LogP contribution in [0.25, 0.3) is 0 Å². The topological polar surface area (TPSA) is 62.7 Å². The molecule has 226 valence electrons. The smallest absolute Gasteiger partial charge is 0.219 e. The lowest BCUT2D eigenvalue weighted by molar-refractivity contribution is -0.131. The number of aromatic nitrogens is 1. The zero-order valence-corrected chi connectivity index (χ0v) is 25.8. The summed E-state index contributed by atoms with van der Waals surface area (Å²) in [6.45, 7) is 5.10. The van der Waals surface area contributed by atoms with Crippen LogP contribution in [0.5, 0.6) is 5.88 Å². The van der Waals surface area contributed by atoms with Crippen molar-refractivity contribution in [3.05, 3.63) is 161 Å². The van der Waals surface area contributed by atoms with Crippen LogP contribution in [0, 0.1) is 0 Å². The molecule has 1 aromatic heterocycles. The third kappa shape index (κ3) is 5.42. The van der Waals surface area contributed by atoms with Crippen LogP contribution in [0.4, 0.5) is 5.69 Å². The number of carbonyl (C=O) groups excluding carboxylic acids is 2. The molecule has 1 fully saturated rings. The Bertz CT molecular complexity index is 1660. The van der Waals surface area contributed by atoms with E-state index in [0.717, 1.165) is 33.5 Å². The van der Waals surface area contributed by atoms with Crippen LogP contribution < -0.4 is 9.64 Å². The molecule has 0 N–H and O–H groups in total. The molecule has 1 unspecified atom stereocenters. The predicted molar refractivity (Wildman–Crippen MR) is 177 cm³/mol. The Morgan fingerprint density at radius 1 is 0.822 bits per heavy atom. The summed E-state index contributed by atoms with van der Waals surface area (Å²) in [7, 11) is 1.60. The summed E-state index contributed by atoms with van der Waals surface area (Å²) in [5, 5.41) is 0. The van der Waals surface area contributed by atoms with Crippen molar-refractivity contribution >= 4 is 17.8 Å². The fourth-order valence-electron chi connectivity index (χ4n) is 6.90. The maximum Gasteiger partial charge on any atom is 0.219 e. The third-order valence-electron chi connectivity index (χ3n) is 9.14. The molecule has 1 saturated heterocycles. The van der Waals surface area contributed by atoms with Gasteiger partial charge in [-0.3, -0.25) is 14.5 Å². The Morgan fingerprint density at radius 2 is 1.33 bits per heavy atom. The normalized spacial score (nSPS) is 16.3. The Balaban J connectivity index is 1.44. The van der Waals surface area contributed by atoms with E-state index in [1.807, 2.05) is 49.1 Å². The lowest BCUT2D eigenvalue weighted by Gasteiger charge is -2.37. The summed E-state index contributed by atoms with van der Waals surface area (Å²) in [4.78, 5) is 33.7. The molecule has 1 atom stereocenters. The monoisotopic (exact) mass is 595 g/mol. The summed E-state index contributed by atoms with van der Waals surface area (Å²) in [5.41, 5.74) is 5.28. The number of benzene rings is 4. The standard InChI is InChI=1S/C39H37N3O3/c1-38(2)37(35(44)27-43)42(28-41(38)26-29-23-24-40-36(25-29)45-3)34-21-19-33(20-22-34)39(30-13-7-4-8-14-30,31-15-9-5-10-16-31)32-17-11-6-12-18-32/h4-25,27,37H,26,28H2,1-3H3.